The summed E-state index contributed by atoms with van der Waals surface area (Å²) >= 11 is 0. The van der Waals surface area contributed by atoms with Gasteiger partial charge in [0, 0.05) is 18.7 Å². The monoisotopic (exact) mass is 449 g/mol. The van der Waals surface area contributed by atoms with E-state index in [1.54, 1.807) is 35.2 Å². The molecule has 2 amide bonds. The number of anilines is 2. The van der Waals surface area contributed by atoms with Gasteiger partial charge in [-0.3, -0.25) is 20.4 Å². The van der Waals surface area contributed by atoms with Crippen LogP contribution in [0.1, 0.15) is 12.0 Å². The normalized spacial score (nSPS) is 15.3. The number of amides is 2. The van der Waals surface area contributed by atoms with Crippen molar-refractivity contribution in [3.05, 3.63) is 84.2 Å². The molecule has 0 spiro atoms. The lowest BCUT2D eigenvalue weighted by atomic mass is 10.1. The quantitative estimate of drug-likeness (QED) is 0.510. The zero-order valence-corrected chi connectivity index (χ0v) is 18.1. The number of hydrazine groups is 1. The summed E-state index contributed by atoms with van der Waals surface area (Å²) in [5.41, 5.74) is 7.61. The minimum absolute atomic E-state index is 0.0916. The number of carbonyl (C=O) groups is 2. The third kappa shape index (κ3) is 5.23. The summed E-state index contributed by atoms with van der Waals surface area (Å²) in [4.78, 5) is 26.8. The molecule has 7 nitrogen and oxygen atoms in total. The number of para-hydroxylation sites is 2. The Morgan fingerprint density at radius 1 is 1.06 bits per heavy atom. The van der Waals surface area contributed by atoms with Crippen molar-refractivity contribution in [3.8, 4) is 11.5 Å². The first-order valence-corrected chi connectivity index (χ1v) is 10.5. The van der Waals surface area contributed by atoms with Gasteiger partial charge in [0.2, 0.25) is 11.8 Å². The molecule has 4 rings (SSSR count). The van der Waals surface area contributed by atoms with Gasteiger partial charge >= 0.3 is 0 Å². The van der Waals surface area contributed by atoms with Gasteiger partial charge in [0.05, 0.1) is 18.7 Å². The minimum Gasteiger partial charge on any atom is -0.493 e. The van der Waals surface area contributed by atoms with Crippen LogP contribution in [-0.2, 0) is 16.2 Å². The molecule has 33 heavy (non-hydrogen) atoms. The van der Waals surface area contributed by atoms with Crippen LogP contribution in [0.15, 0.2) is 72.8 Å². The fourth-order valence-corrected chi connectivity index (χ4v) is 3.63. The Bertz CT molecular complexity index is 1120. The average Bonchev–Trinajstić information content (AvgIpc) is 3.24. The largest absolute Gasteiger partial charge is 0.493 e. The number of carbonyl (C=O) groups excluding carboxylic acids is 2. The van der Waals surface area contributed by atoms with Gasteiger partial charge in [0.1, 0.15) is 12.4 Å². The van der Waals surface area contributed by atoms with Crippen molar-refractivity contribution in [2.24, 2.45) is 5.92 Å². The highest BCUT2D eigenvalue weighted by molar-refractivity contribution is 6.00. The van der Waals surface area contributed by atoms with E-state index >= 15 is 0 Å². The van der Waals surface area contributed by atoms with Crippen LogP contribution in [0.3, 0.4) is 0 Å². The molecule has 0 aromatic heterocycles. The van der Waals surface area contributed by atoms with Gasteiger partial charge in [-0.2, -0.15) is 0 Å². The Morgan fingerprint density at radius 3 is 2.55 bits per heavy atom. The number of halogens is 1. The first-order valence-electron chi connectivity index (χ1n) is 10.5. The topological polar surface area (TPSA) is 79.9 Å². The van der Waals surface area contributed by atoms with Gasteiger partial charge in [-0.25, -0.2) is 4.39 Å². The Labute approximate surface area is 191 Å². The lowest BCUT2D eigenvalue weighted by molar-refractivity contribution is -0.125. The van der Waals surface area contributed by atoms with Gasteiger partial charge in [0.15, 0.2) is 11.5 Å². The highest BCUT2D eigenvalue weighted by Gasteiger charge is 2.35. The molecule has 0 bridgehead atoms. The lowest BCUT2D eigenvalue weighted by Crippen LogP contribution is -2.36. The summed E-state index contributed by atoms with van der Waals surface area (Å²) in [5.74, 6) is -0.322. The van der Waals surface area contributed by atoms with E-state index in [9.17, 15) is 14.0 Å². The van der Waals surface area contributed by atoms with E-state index in [4.69, 9.17) is 9.47 Å². The maximum atomic E-state index is 13.1. The van der Waals surface area contributed by atoms with Crippen molar-refractivity contribution >= 4 is 23.2 Å². The maximum absolute atomic E-state index is 13.1. The lowest BCUT2D eigenvalue weighted by Gasteiger charge is -2.18. The number of nitrogens with one attached hydrogen (secondary N) is 2. The zero-order valence-electron chi connectivity index (χ0n) is 18.1. The van der Waals surface area contributed by atoms with E-state index in [1.807, 2.05) is 30.3 Å². The minimum atomic E-state index is -0.487. The van der Waals surface area contributed by atoms with Crippen LogP contribution in [0.4, 0.5) is 15.8 Å². The molecule has 0 saturated carbocycles. The fourth-order valence-electron chi connectivity index (χ4n) is 3.63. The highest BCUT2D eigenvalue weighted by Crippen LogP contribution is 2.35. The van der Waals surface area contributed by atoms with Gasteiger partial charge in [-0.1, -0.05) is 36.4 Å². The molecule has 8 heteroatoms. The molecular weight excluding hydrogens is 425 g/mol. The standard InChI is InChI=1S/C25H24FN3O4/c1-32-22-9-5-8-21(24(22)33-16-17-10-12-19(26)13-11-17)27-28-25(31)18-14-23(30)29(15-18)20-6-3-2-4-7-20/h2-13,18,27H,14-16H2,1H3,(H,28,31)/t18-/m1/s1. The zero-order chi connectivity index (χ0) is 23.2. The van der Waals surface area contributed by atoms with Gasteiger partial charge in [-0.05, 0) is 42.0 Å². The molecule has 170 valence electrons. The Morgan fingerprint density at radius 2 is 1.82 bits per heavy atom. The molecule has 1 heterocycles. The van der Waals surface area contributed by atoms with E-state index in [1.165, 1.54) is 19.2 Å². The summed E-state index contributed by atoms with van der Waals surface area (Å²) in [5, 5.41) is 0. The molecule has 3 aromatic rings. The summed E-state index contributed by atoms with van der Waals surface area (Å²) in [6.07, 6.45) is 0.133. The van der Waals surface area contributed by atoms with E-state index in [0.717, 1.165) is 11.3 Å². The van der Waals surface area contributed by atoms with Crippen LogP contribution in [-0.4, -0.2) is 25.5 Å². The predicted molar refractivity (Wildman–Crippen MR) is 122 cm³/mol. The van der Waals surface area contributed by atoms with Gasteiger partial charge in [0.25, 0.3) is 0 Å². The molecule has 0 aliphatic carbocycles. The van der Waals surface area contributed by atoms with Crippen molar-refractivity contribution < 1.29 is 23.5 Å². The molecule has 1 aliphatic heterocycles. The van der Waals surface area contributed by atoms with E-state index in [0.29, 0.717) is 23.7 Å². The van der Waals surface area contributed by atoms with Crippen molar-refractivity contribution in [2.45, 2.75) is 13.0 Å². The van der Waals surface area contributed by atoms with Gasteiger partial charge in [-0.15, -0.1) is 0 Å². The fraction of sp³-hybridized carbons (Fsp3) is 0.200. The third-order valence-corrected chi connectivity index (χ3v) is 5.38. The molecule has 2 N–H and O–H groups in total. The summed E-state index contributed by atoms with van der Waals surface area (Å²) in [6, 6.07) is 20.5. The van der Waals surface area contributed by atoms with Crippen molar-refractivity contribution in [1.29, 1.82) is 0 Å². The molecule has 1 fully saturated rings. The Balaban J connectivity index is 1.41. The van der Waals surface area contributed by atoms with Gasteiger partial charge < -0.3 is 14.4 Å². The first-order chi connectivity index (χ1) is 16.0. The molecule has 0 unspecified atom stereocenters. The average molecular weight is 449 g/mol. The maximum Gasteiger partial charge on any atom is 0.243 e. The van der Waals surface area contributed by atoms with E-state index < -0.39 is 5.92 Å². The second-order valence-electron chi connectivity index (χ2n) is 7.61. The van der Waals surface area contributed by atoms with Crippen molar-refractivity contribution in [1.82, 2.24) is 5.43 Å². The number of methoxy groups -OCH3 is 1. The van der Waals surface area contributed by atoms with Crippen LogP contribution >= 0.6 is 0 Å². The molecule has 1 aliphatic rings. The number of benzene rings is 3. The molecule has 1 saturated heterocycles. The first kappa shape index (κ1) is 22.1. The Hall–Kier alpha value is -4.07. The van der Waals surface area contributed by atoms with Crippen LogP contribution in [0.25, 0.3) is 0 Å². The Kier molecular flexibility index (Phi) is 6.73. The number of nitrogens with zero attached hydrogens (tertiary/aromatic N) is 1. The van der Waals surface area contributed by atoms with Crippen LogP contribution in [0, 0.1) is 11.7 Å². The molecular formula is C25H24FN3O4. The SMILES string of the molecule is COc1cccc(NNC(=O)[C@@H]2CC(=O)N(c3ccccc3)C2)c1OCc1ccc(F)cc1. The molecule has 3 aromatic carbocycles. The second-order valence-corrected chi connectivity index (χ2v) is 7.61. The van der Waals surface area contributed by atoms with Crippen LogP contribution < -0.4 is 25.2 Å². The third-order valence-electron chi connectivity index (χ3n) is 5.38. The van der Waals surface area contributed by atoms with Crippen LogP contribution in [0.2, 0.25) is 0 Å². The molecule has 0 radical (unpaired) electrons. The van der Waals surface area contributed by atoms with E-state index in [2.05, 4.69) is 10.9 Å². The summed E-state index contributed by atoms with van der Waals surface area (Å²) in [7, 11) is 1.52. The second kappa shape index (κ2) is 10.0. The number of rotatable bonds is 8. The number of hydrogen-bond acceptors (Lipinski definition) is 5. The van der Waals surface area contributed by atoms with E-state index in [-0.39, 0.29) is 30.7 Å². The summed E-state index contributed by atoms with van der Waals surface area (Å²) < 4.78 is 24.4. The predicted octanol–water partition coefficient (Wildman–Crippen LogP) is 3.91. The highest BCUT2D eigenvalue weighted by atomic mass is 19.1. The number of hydrogen-bond donors (Lipinski definition) is 2. The smallest absolute Gasteiger partial charge is 0.243 e. The van der Waals surface area contributed by atoms with Crippen molar-refractivity contribution in [2.75, 3.05) is 24.0 Å². The molecule has 1 atom stereocenters. The van der Waals surface area contributed by atoms with Crippen molar-refractivity contribution in [3.63, 3.8) is 0 Å². The van der Waals surface area contributed by atoms with Crippen LogP contribution in [0.5, 0.6) is 11.5 Å². The number of ether oxygens (including phenoxy) is 2. The summed E-state index contributed by atoms with van der Waals surface area (Å²) in [6.45, 7) is 0.495.